The summed E-state index contributed by atoms with van der Waals surface area (Å²) in [5.41, 5.74) is 1.87. The van der Waals surface area contributed by atoms with Crippen LogP contribution in [-0.2, 0) is 11.4 Å². The highest BCUT2D eigenvalue weighted by molar-refractivity contribution is 9.10. The molecule has 3 aromatic rings. The second-order valence-corrected chi connectivity index (χ2v) is 9.76. The molecule has 0 spiro atoms. The van der Waals surface area contributed by atoms with Crippen molar-refractivity contribution < 1.29 is 18.7 Å². The van der Waals surface area contributed by atoms with E-state index in [9.17, 15) is 9.18 Å². The first-order valence-corrected chi connectivity index (χ1v) is 12.7. The van der Waals surface area contributed by atoms with Crippen LogP contribution < -0.4 is 9.47 Å². The minimum Gasteiger partial charge on any atom is -0.490 e. The van der Waals surface area contributed by atoms with E-state index in [4.69, 9.17) is 21.1 Å². The summed E-state index contributed by atoms with van der Waals surface area (Å²) in [5, 5.41) is 1.09. The van der Waals surface area contributed by atoms with Crippen molar-refractivity contribution in [1.82, 2.24) is 4.90 Å². The standard InChI is InChI=1S/C26H21BrClFN2O3S/c1-3-33-23-12-16(8-11-22(23)34-15-17-6-4-5-7-21(17)29)13-24-25(32)31(2)26(35-24)30-18-9-10-19(27)20(28)14-18/h4-14H,3,15H2,1-2H3/b24-13-,30-26?. The number of aliphatic imine (C=N–C) groups is 1. The van der Waals surface area contributed by atoms with Gasteiger partial charge in [-0.1, -0.05) is 35.9 Å². The molecule has 1 aliphatic heterocycles. The lowest BCUT2D eigenvalue weighted by Crippen LogP contribution is -2.23. The SMILES string of the molecule is CCOc1cc(/C=C2\SC(=Nc3ccc(Br)c(Cl)c3)N(C)C2=O)ccc1OCc1ccccc1F. The van der Waals surface area contributed by atoms with Gasteiger partial charge in [0.15, 0.2) is 16.7 Å². The lowest BCUT2D eigenvalue weighted by Gasteiger charge is -2.13. The molecule has 0 atom stereocenters. The Balaban J connectivity index is 1.55. The van der Waals surface area contributed by atoms with E-state index in [1.54, 1.807) is 49.5 Å². The molecule has 35 heavy (non-hydrogen) atoms. The van der Waals surface area contributed by atoms with Crippen molar-refractivity contribution in [1.29, 1.82) is 0 Å². The van der Waals surface area contributed by atoms with Crippen molar-refractivity contribution in [2.45, 2.75) is 13.5 Å². The molecular formula is C26H21BrClFN2O3S. The van der Waals surface area contributed by atoms with Gasteiger partial charge in [0.05, 0.1) is 22.2 Å². The van der Waals surface area contributed by atoms with Gasteiger partial charge in [-0.25, -0.2) is 9.38 Å². The molecule has 0 aliphatic carbocycles. The van der Waals surface area contributed by atoms with Crippen LogP contribution in [0.3, 0.4) is 0 Å². The van der Waals surface area contributed by atoms with Gasteiger partial charge in [0.1, 0.15) is 12.4 Å². The Morgan fingerprint density at radius 2 is 1.91 bits per heavy atom. The highest BCUT2D eigenvalue weighted by Crippen LogP contribution is 2.36. The predicted octanol–water partition coefficient (Wildman–Crippen LogP) is 7.45. The van der Waals surface area contributed by atoms with Crippen molar-refractivity contribution in [3.63, 3.8) is 0 Å². The highest BCUT2D eigenvalue weighted by Gasteiger charge is 2.30. The molecule has 0 bridgehead atoms. The molecular weight excluding hydrogens is 555 g/mol. The van der Waals surface area contributed by atoms with Crippen LogP contribution in [0.25, 0.3) is 6.08 Å². The lowest BCUT2D eigenvalue weighted by atomic mass is 10.1. The summed E-state index contributed by atoms with van der Waals surface area (Å²) in [6.45, 7) is 2.37. The van der Waals surface area contributed by atoms with Crippen LogP contribution >= 0.6 is 39.3 Å². The normalized spacial score (nSPS) is 15.8. The number of rotatable bonds is 7. The van der Waals surface area contributed by atoms with Gasteiger partial charge in [0.2, 0.25) is 0 Å². The average molecular weight is 576 g/mol. The first-order chi connectivity index (χ1) is 16.9. The topological polar surface area (TPSA) is 51.1 Å². The van der Waals surface area contributed by atoms with Crippen LogP contribution in [0.15, 0.2) is 75.0 Å². The number of amides is 1. The molecule has 0 aromatic heterocycles. The van der Waals surface area contributed by atoms with Gasteiger partial charge in [-0.15, -0.1) is 0 Å². The smallest absolute Gasteiger partial charge is 0.266 e. The Kier molecular flexibility index (Phi) is 8.15. The number of hydrogen-bond acceptors (Lipinski definition) is 5. The zero-order valence-corrected chi connectivity index (χ0v) is 22.1. The van der Waals surface area contributed by atoms with Crippen LogP contribution in [0.2, 0.25) is 5.02 Å². The number of carbonyl (C=O) groups is 1. The molecule has 1 saturated heterocycles. The molecule has 1 heterocycles. The minimum atomic E-state index is -0.324. The molecule has 1 amide bonds. The summed E-state index contributed by atoms with van der Waals surface area (Å²) in [7, 11) is 1.68. The number of amidine groups is 1. The maximum Gasteiger partial charge on any atom is 0.266 e. The molecule has 0 N–H and O–H groups in total. The number of likely N-dealkylation sites (N-methyl/N-ethyl adjacent to an activating group) is 1. The van der Waals surface area contributed by atoms with Gasteiger partial charge in [0, 0.05) is 17.1 Å². The fourth-order valence-corrected chi connectivity index (χ4v) is 4.65. The zero-order chi connectivity index (χ0) is 24.9. The summed E-state index contributed by atoms with van der Waals surface area (Å²) in [4.78, 5) is 19.4. The van der Waals surface area contributed by atoms with E-state index in [1.807, 2.05) is 25.1 Å². The van der Waals surface area contributed by atoms with Gasteiger partial charge in [-0.2, -0.15) is 0 Å². The molecule has 9 heteroatoms. The van der Waals surface area contributed by atoms with E-state index in [0.717, 1.165) is 10.0 Å². The average Bonchev–Trinajstić information content (AvgIpc) is 3.09. The summed E-state index contributed by atoms with van der Waals surface area (Å²) < 4.78 is 26.3. The number of thioether (sulfide) groups is 1. The summed E-state index contributed by atoms with van der Waals surface area (Å²) in [5.74, 6) is 0.528. The number of ether oxygens (including phenoxy) is 2. The zero-order valence-electron chi connectivity index (χ0n) is 18.9. The second-order valence-electron chi connectivity index (χ2n) is 7.49. The summed E-state index contributed by atoms with van der Waals surface area (Å²) in [6, 6.07) is 17.2. The van der Waals surface area contributed by atoms with Crippen LogP contribution in [0.4, 0.5) is 10.1 Å². The summed E-state index contributed by atoms with van der Waals surface area (Å²) >= 11 is 10.8. The van der Waals surface area contributed by atoms with E-state index < -0.39 is 0 Å². The second kappa shape index (κ2) is 11.3. The quantitative estimate of drug-likeness (QED) is 0.275. The number of halogens is 3. The molecule has 0 radical (unpaired) electrons. The molecule has 5 nitrogen and oxygen atoms in total. The largest absolute Gasteiger partial charge is 0.490 e. The van der Waals surface area contributed by atoms with Crippen LogP contribution in [0.1, 0.15) is 18.1 Å². The van der Waals surface area contributed by atoms with Crippen LogP contribution in [0.5, 0.6) is 11.5 Å². The maximum atomic E-state index is 13.9. The van der Waals surface area contributed by atoms with Gasteiger partial charge < -0.3 is 9.47 Å². The molecule has 0 saturated carbocycles. The Morgan fingerprint density at radius 1 is 1.11 bits per heavy atom. The van der Waals surface area contributed by atoms with E-state index in [2.05, 4.69) is 20.9 Å². The third kappa shape index (κ3) is 6.07. The highest BCUT2D eigenvalue weighted by atomic mass is 79.9. The number of hydrogen-bond donors (Lipinski definition) is 0. The number of nitrogens with zero attached hydrogens (tertiary/aromatic N) is 2. The molecule has 4 rings (SSSR count). The number of carbonyl (C=O) groups excluding carboxylic acids is 1. The lowest BCUT2D eigenvalue weighted by molar-refractivity contribution is -0.121. The van der Waals surface area contributed by atoms with Gasteiger partial charge in [-0.3, -0.25) is 9.69 Å². The van der Waals surface area contributed by atoms with E-state index in [1.165, 1.54) is 22.7 Å². The van der Waals surface area contributed by atoms with Crippen LogP contribution in [0, 0.1) is 5.82 Å². The van der Waals surface area contributed by atoms with Crippen molar-refractivity contribution >= 4 is 62.1 Å². The molecule has 180 valence electrons. The fourth-order valence-electron chi connectivity index (χ4n) is 3.24. The minimum absolute atomic E-state index is 0.0756. The van der Waals surface area contributed by atoms with Crippen molar-refractivity contribution in [3.05, 3.63) is 92.0 Å². The molecule has 1 aliphatic rings. The fraction of sp³-hybridized carbons (Fsp3) is 0.154. The number of benzene rings is 3. The van der Waals surface area contributed by atoms with E-state index in [-0.39, 0.29) is 18.3 Å². The molecule has 0 unspecified atom stereocenters. The Labute approximate surface area is 220 Å². The third-order valence-electron chi connectivity index (χ3n) is 5.04. The third-order valence-corrected chi connectivity index (χ3v) is 7.33. The van der Waals surface area contributed by atoms with Crippen LogP contribution in [-0.4, -0.2) is 29.6 Å². The monoisotopic (exact) mass is 574 g/mol. The predicted molar refractivity (Wildman–Crippen MR) is 143 cm³/mol. The Hall–Kier alpha value is -2.81. The first kappa shape index (κ1) is 25.3. The Bertz CT molecular complexity index is 1330. The maximum absolute atomic E-state index is 13.9. The van der Waals surface area contributed by atoms with Gasteiger partial charge in [-0.05, 0) is 82.7 Å². The Morgan fingerprint density at radius 3 is 2.66 bits per heavy atom. The van der Waals surface area contributed by atoms with E-state index in [0.29, 0.717) is 44.5 Å². The van der Waals surface area contributed by atoms with Crippen molar-refractivity contribution in [2.75, 3.05) is 13.7 Å². The van der Waals surface area contributed by atoms with Crippen molar-refractivity contribution in [2.24, 2.45) is 4.99 Å². The summed E-state index contributed by atoms with van der Waals surface area (Å²) in [6.07, 6.45) is 1.78. The van der Waals surface area contributed by atoms with Gasteiger partial charge in [0.25, 0.3) is 5.91 Å². The molecule has 1 fully saturated rings. The van der Waals surface area contributed by atoms with Gasteiger partial charge >= 0.3 is 0 Å². The van der Waals surface area contributed by atoms with E-state index >= 15 is 0 Å². The molecule has 3 aromatic carbocycles. The van der Waals surface area contributed by atoms with Crippen molar-refractivity contribution in [3.8, 4) is 11.5 Å². The first-order valence-electron chi connectivity index (χ1n) is 10.7.